The number of nitrogens with zero attached hydrogens (tertiary/aromatic N) is 1. The summed E-state index contributed by atoms with van der Waals surface area (Å²) < 4.78 is 11.4. The zero-order valence-corrected chi connectivity index (χ0v) is 21.7. The summed E-state index contributed by atoms with van der Waals surface area (Å²) in [6.07, 6.45) is 0. The summed E-state index contributed by atoms with van der Waals surface area (Å²) in [7, 11) is 0. The molecule has 0 spiro atoms. The Labute approximate surface area is 227 Å². The molecular formula is C36H21NOS. The molecule has 0 bridgehead atoms. The smallest absolute Gasteiger partial charge is 0.136 e. The molecule has 0 aliphatic heterocycles. The van der Waals surface area contributed by atoms with Gasteiger partial charge in [0.2, 0.25) is 0 Å². The number of aromatic nitrogens is 1. The minimum absolute atomic E-state index is 0.907. The molecule has 6 aromatic carbocycles. The Hall–Kier alpha value is -4.86. The first kappa shape index (κ1) is 21.1. The molecule has 39 heavy (non-hydrogen) atoms. The maximum atomic E-state index is 6.39. The molecule has 0 N–H and O–H groups in total. The van der Waals surface area contributed by atoms with Crippen molar-refractivity contribution in [2.75, 3.05) is 0 Å². The van der Waals surface area contributed by atoms with E-state index in [9.17, 15) is 0 Å². The molecule has 182 valence electrons. The van der Waals surface area contributed by atoms with Crippen molar-refractivity contribution < 1.29 is 4.42 Å². The van der Waals surface area contributed by atoms with Crippen molar-refractivity contribution in [3.63, 3.8) is 0 Å². The Kier molecular flexibility index (Phi) is 4.24. The van der Waals surface area contributed by atoms with Gasteiger partial charge >= 0.3 is 0 Å². The predicted octanol–water partition coefficient (Wildman–Crippen LogP) is 10.7. The van der Waals surface area contributed by atoms with E-state index in [4.69, 9.17) is 4.42 Å². The number of hydrogen-bond donors (Lipinski definition) is 0. The van der Waals surface area contributed by atoms with Gasteiger partial charge in [-0.15, -0.1) is 11.3 Å². The number of furan rings is 1. The Morgan fingerprint density at radius 3 is 2.03 bits per heavy atom. The van der Waals surface area contributed by atoms with Gasteiger partial charge in [-0.1, -0.05) is 78.9 Å². The van der Waals surface area contributed by atoms with Gasteiger partial charge in [-0.2, -0.15) is 0 Å². The van der Waals surface area contributed by atoms with E-state index in [-0.39, 0.29) is 0 Å². The zero-order valence-electron chi connectivity index (χ0n) is 20.9. The molecule has 0 atom stereocenters. The Morgan fingerprint density at radius 2 is 1.21 bits per heavy atom. The van der Waals surface area contributed by atoms with Crippen LogP contribution < -0.4 is 0 Å². The van der Waals surface area contributed by atoms with Gasteiger partial charge in [0.05, 0.1) is 11.0 Å². The lowest BCUT2D eigenvalue weighted by Gasteiger charge is -2.09. The topological polar surface area (TPSA) is 18.1 Å². The fraction of sp³-hybridized carbons (Fsp3) is 0. The van der Waals surface area contributed by atoms with Crippen LogP contribution in [0, 0.1) is 0 Å². The van der Waals surface area contributed by atoms with Crippen LogP contribution in [0.5, 0.6) is 0 Å². The number of rotatable bonds is 2. The van der Waals surface area contributed by atoms with Crippen LogP contribution in [0.4, 0.5) is 0 Å². The number of benzene rings is 6. The van der Waals surface area contributed by atoms with Crippen LogP contribution in [-0.4, -0.2) is 4.57 Å². The number of para-hydroxylation sites is 2. The van der Waals surface area contributed by atoms with Crippen molar-refractivity contribution in [3.8, 4) is 16.8 Å². The molecular weight excluding hydrogens is 494 g/mol. The van der Waals surface area contributed by atoms with Gasteiger partial charge in [0.15, 0.2) is 0 Å². The highest BCUT2D eigenvalue weighted by molar-refractivity contribution is 7.25. The Bertz CT molecular complexity index is 2350. The van der Waals surface area contributed by atoms with Gasteiger partial charge < -0.3 is 8.98 Å². The average molecular weight is 516 g/mol. The van der Waals surface area contributed by atoms with Gasteiger partial charge in [-0.25, -0.2) is 0 Å². The van der Waals surface area contributed by atoms with Crippen LogP contribution in [0.15, 0.2) is 132 Å². The first-order valence-corrected chi connectivity index (χ1v) is 14.0. The summed E-state index contributed by atoms with van der Waals surface area (Å²) in [5.74, 6) is 0. The van der Waals surface area contributed by atoms with Crippen LogP contribution in [0.3, 0.4) is 0 Å². The average Bonchev–Trinajstić information content (AvgIpc) is 3.65. The van der Waals surface area contributed by atoms with Crippen molar-refractivity contribution in [1.82, 2.24) is 4.57 Å². The standard InChI is InChI=1S/C36H21NOS/c1-4-12-30-25(8-1)26-9-2-5-13-31(26)37(30)23-17-19-32-29(21-23)36-24(11-7-14-33(36)38-32)22-16-18-28-27-10-3-6-15-34(27)39-35(28)20-22/h1-21H. The van der Waals surface area contributed by atoms with Gasteiger partial charge in [0, 0.05) is 47.4 Å². The highest BCUT2D eigenvalue weighted by Crippen LogP contribution is 2.41. The molecule has 9 aromatic rings. The second kappa shape index (κ2) is 7.83. The van der Waals surface area contributed by atoms with Gasteiger partial charge in [-0.3, -0.25) is 0 Å². The quantitative estimate of drug-likeness (QED) is 0.224. The summed E-state index contributed by atoms with van der Waals surface area (Å²) in [5, 5.41) is 7.47. The van der Waals surface area contributed by atoms with Crippen LogP contribution in [-0.2, 0) is 0 Å². The fourth-order valence-corrected chi connectivity index (χ4v) is 7.43. The normalized spacial score (nSPS) is 12.1. The van der Waals surface area contributed by atoms with E-state index < -0.39 is 0 Å². The van der Waals surface area contributed by atoms with Crippen LogP contribution >= 0.6 is 11.3 Å². The third-order valence-electron chi connectivity index (χ3n) is 8.01. The van der Waals surface area contributed by atoms with E-state index in [1.165, 1.54) is 53.1 Å². The molecule has 0 amide bonds. The van der Waals surface area contributed by atoms with Crippen LogP contribution in [0.2, 0.25) is 0 Å². The zero-order chi connectivity index (χ0) is 25.5. The number of fused-ring (bicyclic) bond motifs is 9. The third kappa shape index (κ3) is 2.96. The molecule has 3 aromatic heterocycles. The maximum absolute atomic E-state index is 6.39. The molecule has 0 unspecified atom stereocenters. The lowest BCUT2D eigenvalue weighted by atomic mass is 9.98. The molecule has 9 rings (SSSR count). The molecule has 0 aliphatic rings. The van der Waals surface area contributed by atoms with Crippen LogP contribution in [0.1, 0.15) is 0 Å². The van der Waals surface area contributed by atoms with E-state index >= 15 is 0 Å². The summed E-state index contributed by atoms with van der Waals surface area (Å²) in [5.41, 5.74) is 7.79. The molecule has 3 heterocycles. The van der Waals surface area contributed by atoms with E-state index in [0.29, 0.717) is 0 Å². The lowest BCUT2D eigenvalue weighted by molar-refractivity contribution is 0.669. The minimum atomic E-state index is 0.907. The predicted molar refractivity (Wildman–Crippen MR) is 166 cm³/mol. The molecule has 3 heteroatoms. The molecule has 2 nitrogen and oxygen atoms in total. The fourth-order valence-electron chi connectivity index (χ4n) is 6.29. The molecule has 0 saturated heterocycles. The Balaban J connectivity index is 1.31. The first-order valence-electron chi connectivity index (χ1n) is 13.2. The molecule has 0 fully saturated rings. The van der Waals surface area contributed by atoms with Gasteiger partial charge in [0.1, 0.15) is 11.2 Å². The van der Waals surface area contributed by atoms with Gasteiger partial charge in [-0.05, 0) is 59.7 Å². The minimum Gasteiger partial charge on any atom is -0.456 e. The molecule has 0 saturated carbocycles. The maximum Gasteiger partial charge on any atom is 0.136 e. The summed E-state index contributed by atoms with van der Waals surface area (Å²) in [4.78, 5) is 0. The highest BCUT2D eigenvalue weighted by atomic mass is 32.1. The number of hydrogen-bond acceptors (Lipinski definition) is 2. The highest BCUT2D eigenvalue weighted by Gasteiger charge is 2.17. The van der Waals surface area contributed by atoms with Crippen LogP contribution in [0.25, 0.3) is 80.7 Å². The Morgan fingerprint density at radius 1 is 0.487 bits per heavy atom. The van der Waals surface area contributed by atoms with E-state index in [1.807, 2.05) is 11.3 Å². The first-order chi connectivity index (χ1) is 19.3. The summed E-state index contributed by atoms with van der Waals surface area (Å²) >= 11 is 1.86. The number of thiophene rings is 1. The van der Waals surface area contributed by atoms with Crippen molar-refractivity contribution in [1.29, 1.82) is 0 Å². The summed E-state index contributed by atoms with van der Waals surface area (Å²) in [6.45, 7) is 0. The largest absolute Gasteiger partial charge is 0.456 e. The van der Waals surface area contributed by atoms with Crippen molar-refractivity contribution in [2.24, 2.45) is 0 Å². The third-order valence-corrected chi connectivity index (χ3v) is 9.14. The lowest BCUT2D eigenvalue weighted by Crippen LogP contribution is -1.93. The monoisotopic (exact) mass is 515 g/mol. The van der Waals surface area contributed by atoms with E-state index in [2.05, 4.69) is 132 Å². The van der Waals surface area contributed by atoms with E-state index in [0.717, 1.165) is 27.6 Å². The van der Waals surface area contributed by atoms with Gasteiger partial charge in [0.25, 0.3) is 0 Å². The van der Waals surface area contributed by atoms with Crippen molar-refractivity contribution >= 4 is 75.3 Å². The second-order valence-electron chi connectivity index (χ2n) is 10.1. The summed E-state index contributed by atoms with van der Waals surface area (Å²) in [6, 6.07) is 45.8. The SMILES string of the molecule is c1cc(-c2ccc3c(c2)sc2ccccc23)c2c(c1)oc1ccc(-n3c4ccccc4c4ccccc43)cc12. The second-order valence-corrected chi connectivity index (χ2v) is 11.2. The van der Waals surface area contributed by atoms with Crippen molar-refractivity contribution in [3.05, 3.63) is 127 Å². The molecule has 0 aliphatic carbocycles. The van der Waals surface area contributed by atoms with E-state index in [1.54, 1.807) is 0 Å². The van der Waals surface area contributed by atoms with Crippen molar-refractivity contribution in [2.45, 2.75) is 0 Å². The molecule has 0 radical (unpaired) electrons.